The van der Waals surface area contributed by atoms with Gasteiger partial charge in [0.2, 0.25) is 5.91 Å². The second-order valence-electron chi connectivity index (χ2n) is 2.66. The summed E-state index contributed by atoms with van der Waals surface area (Å²) in [5.41, 5.74) is 0.324. The summed E-state index contributed by atoms with van der Waals surface area (Å²) in [5, 5.41) is 12.3. The Labute approximate surface area is 95.2 Å². The van der Waals surface area contributed by atoms with E-state index >= 15 is 0 Å². The van der Waals surface area contributed by atoms with Gasteiger partial charge in [-0.05, 0) is 28.1 Å². The van der Waals surface area contributed by atoms with Crippen LogP contribution in [0.25, 0.3) is 0 Å². The molecule has 0 saturated carbocycles. The average molecular weight is 279 g/mol. The van der Waals surface area contributed by atoms with Crippen LogP contribution in [-0.4, -0.2) is 11.0 Å². The van der Waals surface area contributed by atoms with Gasteiger partial charge in [0.25, 0.3) is 0 Å². The lowest BCUT2D eigenvalue weighted by Gasteiger charge is -2.08. The third-order valence-corrected chi connectivity index (χ3v) is 2.94. The summed E-state index contributed by atoms with van der Waals surface area (Å²) in [6.45, 7) is 1.73. The standard InChI is InChI=1S/C9H9BrClNO2/c1-2-7(13)12-6-4-3-5(10)8(11)9(6)14/h3-4,14H,2H2,1H3,(H,12,13). The molecule has 1 aromatic carbocycles. The summed E-state index contributed by atoms with van der Waals surface area (Å²) >= 11 is 8.92. The van der Waals surface area contributed by atoms with Gasteiger partial charge in [-0.15, -0.1) is 0 Å². The number of carbonyl (C=O) groups is 1. The minimum atomic E-state index is -0.168. The molecule has 1 aromatic rings. The van der Waals surface area contributed by atoms with Crippen molar-refractivity contribution >= 4 is 39.1 Å². The van der Waals surface area contributed by atoms with Gasteiger partial charge in [0.05, 0.1) is 10.7 Å². The molecule has 0 saturated heterocycles. The quantitative estimate of drug-likeness (QED) is 0.817. The fraction of sp³-hybridized carbons (Fsp3) is 0.222. The highest BCUT2D eigenvalue weighted by Gasteiger charge is 2.10. The zero-order valence-corrected chi connectivity index (χ0v) is 9.82. The number of nitrogens with one attached hydrogen (secondary N) is 1. The van der Waals surface area contributed by atoms with Crippen molar-refractivity contribution in [3.8, 4) is 5.75 Å². The lowest BCUT2D eigenvalue weighted by atomic mass is 10.3. The van der Waals surface area contributed by atoms with Gasteiger partial charge in [-0.25, -0.2) is 0 Å². The third kappa shape index (κ3) is 2.39. The first-order valence-electron chi connectivity index (χ1n) is 4.03. The summed E-state index contributed by atoms with van der Waals surface area (Å²) in [6.07, 6.45) is 0.354. The second-order valence-corrected chi connectivity index (χ2v) is 3.89. The van der Waals surface area contributed by atoms with Gasteiger partial charge in [0.1, 0.15) is 0 Å². The SMILES string of the molecule is CCC(=O)Nc1ccc(Br)c(Cl)c1O. The molecule has 0 bridgehead atoms. The highest BCUT2D eigenvalue weighted by molar-refractivity contribution is 9.10. The molecule has 0 unspecified atom stereocenters. The minimum absolute atomic E-state index is 0.122. The monoisotopic (exact) mass is 277 g/mol. The molecule has 0 fully saturated rings. The molecule has 0 aromatic heterocycles. The van der Waals surface area contributed by atoms with Crippen molar-refractivity contribution in [3.63, 3.8) is 0 Å². The molecule has 0 heterocycles. The number of hydrogen-bond donors (Lipinski definition) is 2. The molecule has 0 aliphatic rings. The maximum absolute atomic E-state index is 11.1. The molecular formula is C9H9BrClNO2. The summed E-state index contributed by atoms with van der Waals surface area (Å²) < 4.78 is 0.589. The number of phenolic OH excluding ortho intramolecular Hbond substituents is 1. The highest BCUT2D eigenvalue weighted by Crippen LogP contribution is 2.37. The fourth-order valence-corrected chi connectivity index (χ4v) is 1.36. The van der Waals surface area contributed by atoms with Crippen LogP contribution < -0.4 is 5.32 Å². The van der Waals surface area contributed by atoms with Crippen LogP contribution in [-0.2, 0) is 4.79 Å². The zero-order valence-electron chi connectivity index (χ0n) is 7.47. The number of aromatic hydroxyl groups is 1. The van der Waals surface area contributed by atoms with Crippen molar-refractivity contribution in [3.05, 3.63) is 21.6 Å². The molecule has 2 N–H and O–H groups in total. The number of amides is 1. The Hall–Kier alpha value is -0.740. The van der Waals surface area contributed by atoms with Crippen LogP contribution in [0.3, 0.4) is 0 Å². The van der Waals surface area contributed by atoms with Crippen molar-refractivity contribution in [2.75, 3.05) is 5.32 Å². The van der Waals surface area contributed by atoms with Gasteiger partial charge in [0, 0.05) is 10.9 Å². The molecule has 5 heteroatoms. The van der Waals surface area contributed by atoms with Gasteiger partial charge in [-0.3, -0.25) is 4.79 Å². The van der Waals surface area contributed by atoms with E-state index in [1.54, 1.807) is 19.1 Å². The van der Waals surface area contributed by atoms with E-state index in [0.717, 1.165) is 0 Å². The first-order valence-corrected chi connectivity index (χ1v) is 5.20. The number of phenols is 1. The van der Waals surface area contributed by atoms with E-state index in [4.69, 9.17) is 11.6 Å². The number of hydrogen-bond acceptors (Lipinski definition) is 2. The van der Waals surface area contributed by atoms with Crippen molar-refractivity contribution in [1.29, 1.82) is 0 Å². The van der Waals surface area contributed by atoms with Gasteiger partial charge >= 0.3 is 0 Å². The van der Waals surface area contributed by atoms with Crippen LogP contribution in [0.1, 0.15) is 13.3 Å². The van der Waals surface area contributed by atoms with Crippen molar-refractivity contribution in [1.82, 2.24) is 0 Å². The Balaban J connectivity index is 3.00. The molecule has 0 aliphatic carbocycles. The topological polar surface area (TPSA) is 49.3 Å². The van der Waals surface area contributed by atoms with Crippen LogP contribution in [0.2, 0.25) is 5.02 Å². The van der Waals surface area contributed by atoms with Crippen LogP contribution in [0.4, 0.5) is 5.69 Å². The van der Waals surface area contributed by atoms with E-state index in [1.807, 2.05) is 0 Å². The van der Waals surface area contributed by atoms with E-state index in [1.165, 1.54) is 0 Å². The van der Waals surface area contributed by atoms with E-state index < -0.39 is 0 Å². The summed E-state index contributed by atoms with van der Waals surface area (Å²) in [5.74, 6) is -0.290. The first-order chi connectivity index (χ1) is 6.56. The van der Waals surface area contributed by atoms with Crippen LogP contribution in [0.5, 0.6) is 5.75 Å². The molecular weight excluding hydrogens is 269 g/mol. The second kappa shape index (κ2) is 4.66. The largest absolute Gasteiger partial charge is 0.504 e. The van der Waals surface area contributed by atoms with E-state index in [9.17, 15) is 9.90 Å². The summed E-state index contributed by atoms with van der Waals surface area (Å²) in [7, 11) is 0. The van der Waals surface area contributed by atoms with Crippen molar-refractivity contribution in [2.24, 2.45) is 0 Å². The zero-order chi connectivity index (χ0) is 10.7. The smallest absolute Gasteiger partial charge is 0.224 e. The van der Waals surface area contributed by atoms with Crippen LogP contribution in [0.15, 0.2) is 16.6 Å². The number of anilines is 1. The van der Waals surface area contributed by atoms with Gasteiger partial charge in [0.15, 0.2) is 5.75 Å². The lowest BCUT2D eigenvalue weighted by Crippen LogP contribution is -2.09. The van der Waals surface area contributed by atoms with Gasteiger partial charge in [-0.2, -0.15) is 0 Å². The van der Waals surface area contributed by atoms with Crippen LogP contribution >= 0.6 is 27.5 Å². The van der Waals surface area contributed by atoms with E-state index in [0.29, 0.717) is 16.6 Å². The fourth-order valence-electron chi connectivity index (χ4n) is 0.879. The van der Waals surface area contributed by atoms with Crippen molar-refractivity contribution < 1.29 is 9.90 Å². The van der Waals surface area contributed by atoms with E-state index in [-0.39, 0.29) is 16.7 Å². The molecule has 1 rings (SSSR count). The average Bonchev–Trinajstić information content (AvgIpc) is 2.19. The Bertz CT molecular complexity index is 368. The summed E-state index contributed by atoms with van der Waals surface area (Å²) in [6, 6.07) is 3.24. The normalized spacial score (nSPS) is 9.93. The van der Waals surface area contributed by atoms with Crippen molar-refractivity contribution in [2.45, 2.75) is 13.3 Å². The molecule has 14 heavy (non-hydrogen) atoms. The molecule has 1 amide bonds. The summed E-state index contributed by atoms with van der Waals surface area (Å²) in [4.78, 5) is 11.1. The molecule has 0 radical (unpaired) electrons. The lowest BCUT2D eigenvalue weighted by molar-refractivity contribution is -0.115. The predicted octanol–water partition coefficient (Wildman–Crippen LogP) is 3.16. The Morgan fingerprint density at radius 3 is 2.86 bits per heavy atom. The predicted molar refractivity (Wildman–Crippen MR) is 59.7 cm³/mol. The van der Waals surface area contributed by atoms with E-state index in [2.05, 4.69) is 21.2 Å². The molecule has 0 spiro atoms. The molecule has 3 nitrogen and oxygen atoms in total. The number of benzene rings is 1. The van der Waals surface area contributed by atoms with Gasteiger partial charge < -0.3 is 10.4 Å². The van der Waals surface area contributed by atoms with Gasteiger partial charge in [-0.1, -0.05) is 18.5 Å². The molecule has 76 valence electrons. The Morgan fingerprint density at radius 2 is 2.29 bits per heavy atom. The van der Waals surface area contributed by atoms with Crippen LogP contribution in [0, 0.1) is 0 Å². The Morgan fingerprint density at radius 1 is 1.64 bits per heavy atom. The number of halogens is 2. The Kier molecular flexibility index (Phi) is 3.77. The highest BCUT2D eigenvalue weighted by atomic mass is 79.9. The third-order valence-electron chi connectivity index (χ3n) is 1.66. The first kappa shape index (κ1) is 11.3. The number of carbonyl (C=O) groups excluding carboxylic acids is 1. The maximum Gasteiger partial charge on any atom is 0.224 e. The molecule has 0 aliphatic heterocycles. The number of rotatable bonds is 2. The maximum atomic E-state index is 11.1. The molecule has 0 atom stereocenters. The minimum Gasteiger partial charge on any atom is -0.504 e.